The molecule has 0 saturated heterocycles. The number of alkyl halides is 1. The van der Waals surface area contributed by atoms with Gasteiger partial charge in [-0.1, -0.05) is 0 Å². The molecule has 2 aromatic heterocycles. The number of halogens is 1. The van der Waals surface area contributed by atoms with Gasteiger partial charge in [-0.05, 0) is 50.8 Å². The molecule has 1 unspecified atom stereocenters. The van der Waals surface area contributed by atoms with Crippen LogP contribution in [0.2, 0.25) is 0 Å². The van der Waals surface area contributed by atoms with Crippen LogP contribution in [0.25, 0.3) is 10.2 Å². The van der Waals surface area contributed by atoms with Crippen molar-refractivity contribution < 1.29 is 14.3 Å². The summed E-state index contributed by atoms with van der Waals surface area (Å²) in [6.45, 7) is 3.71. The molecular formula is C22H26FN5O2S. The van der Waals surface area contributed by atoms with E-state index in [1.165, 1.54) is 6.20 Å². The Morgan fingerprint density at radius 3 is 2.84 bits per heavy atom. The second-order valence-corrected chi connectivity index (χ2v) is 9.01. The molecular weight excluding hydrogens is 417 g/mol. The topological polar surface area (TPSA) is 99.2 Å². The van der Waals surface area contributed by atoms with E-state index in [0.717, 1.165) is 28.7 Å². The summed E-state index contributed by atoms with van der Waals surface area (Å²) in [6, 6.07) is 7.70. The fourth-order valence-corrected chi connectivity index (χ4v) is 4.07. The van der Waals surface area contributed by atoms with Crippen LogP contribution in [0.1, 0.15) is 37.0 Å². The van der Waals surface area contributed by atoms with Gasteiger partial charge in [-0.25, -0.2) is 14.4 Å². The molecule has 1 aliphatic rings. The highest BCUT2D eigenvalue weighted by atomic mass is 32.1. The monoisotopic (exact) mass is 443 g/mol. The van der Waals surface area contributed by atoms with Crippen molar-refractivity contribution in [2.75, 3.05) is 17.2 Å². The lowest BCUT2D eigenvalue weighted by Crippen LogP contribution is -2.37. The van der Waals surface area contributed by atoms with Gasteiger partial charge < -0.3 is 21.1 Å². The molecule has 1 fully saturated rings. The minimum atomic E-state index is -1.48. The first-order chi connectivity index (χ1) is 14.9. The maximum Gasteiger partial charge on any atom is 0.255 e. The molecule has 0 aliphatic heterocycles. The lowest BCUT2D eigenvalue weighted by Gasteiger charge is -2.18. The molecule has 0 radical (unpaired) electrons. The van der Waals surface area contributed by atoms with E-state index in [4.69, 9.17) is 0 Å². The van der Waals surface area contributed by atoms with Gasteiger partial charge in [-0.2, -0.15) is 0 Å². The molecule has 1 saturated carbocycles. The molecule has 31 heavy (non-hydrogen) atoms. The van der Waals surface area contributed by atoms with Crippen molar-refractivity contribution in [3.05, 3.63) is 41.5 Å². The van der Waals surface area contributed by atoms with Crippen LogP contribution in [0.3, 0.4) is 0 Å². The molecule has 3 aromatic rings. The van der Waals surface area contributed by atoms with Crippen molar-refractivity contribution in [3.8, 4) is 0 Å². The number of benzene rings is 1. The van der Waals surface area contributed by atoms with Crippen LogP contribution in [0.5, 0.6) is 0 Å². The van der Waals surface area contributed by atoms with Crippen LogP contribution in [0.4, 0.5) is 21.6 Å². The van der Waals surface area contributed by atoms with Gasteiger partial charge in [0.15, 0.2) is 0 Å². The van der Waals surface area contributed by atoms with Crippen molar-refractivity contribution >= 4 is 44.7 Å². The maximum atomic E-state index is 14.2. The Bertz CT molecular complexity index is 1070. The number of nitrogens with zero attached hydrogens (tertiary/aromatic N) is 2. The highest BCUT2D eigenvalue weighted by Gasteiger charge is 2.35. The number of hydrogen-bond donors (Lipinski definition) is 4. The molecule has 2 atom stereocenters. The predicted octanol–water partition coefficient (Wildman–Crippen LogP) is 4.09. The molecule has 7 nitrogen and oxygen atoms in total. The van der Waals surface area contributed by atoms with E-state index in [0.29, 0.717) is 17.1 Å². The number of amides is 1. The molecule has 4 rings (SSSR count). The van der Waals surface area contributed by atoms with Crippen LogP contribution >= 0.6 is 11.3 Å². The smallest absolute Gasteiger partial charge is 0.255 e. The Morgan fingerprint density at radius 1 is 1.29 bits per heavy atom. The number of pyridine rings is 1. The van der Waals surface area contributed by atoms with Gasteiger partial charge in [0.1, 0.15) is 12.0 Å². The van der Waals surface area contributed by atoms with Crippen LogP contribution in [-0.4, -0.2) is 45.8 Å². The van der Waals surface area contributed by atoms with Crippen LogP contribution in [0, 0.1) is 5.92 Å². The zero-order valence-corrected chi connectivity index (χ0v) is 18.2. The molecule has 1 aromatic carbocycles. The lowest BCUT2D eigenvalue weighted by molar-refractivity contribution is 0.0575. The van der Waals surface area contributed by atoms with E-state index in [-0.39, 0.29) is 18.5 Å². The number of aliphatic hydroxyl groups excluding tert-OH is 1. The Labute approximate surface area is 184 Å². The average Bonchev–Trinajstić information content (AvgIpc) is 3.48. The molecule has 1 aliphatic carbocycles. The number of thiazole rings is 1. The number of hydrogen-bond acceptors (Lipinski definition) is 7. The standard InChI is InChI=1S/C22H26FN5O2S/c1-12(2)27-18-8-20(28-14-5-6-17-19(7-14)31-11-26-17)24-9-15(18)22(30)25-10-16(23)21(29)13-3-4-13/h5-9,11-13,16,21,29H,3-4,10H2,1-2H3,(H,25,30)(H2,24,27,28)/t16-,21?/m1/s1. The zero-order chi connectivity index (χ0) is 22.0. The van der Waals surface area contributed by atoms with Gasteiger partial charge in [0.2, 0.25) is 0 Å². The van der Waals surface area contributed by atoms with Gasteiger partial charge in [-0.3, -0.25) is 4.79 Å². The van der Waals surface area contributed by atoms with E-state index in [2.05, 4.69) is 25.9 Å². The number of aliphatic hydroxyl groups is 1. The number of rotatable bonds is 9. The van der Waals surface area contributed by atoms with Gasteiger partial charge in [0.05, 0.1) is 39.6 Å². The van der Waals surface area contributed by atoms with Crippen molar-refractivity contribution in [2.45, 2.75) is 45.0 Å². The first-order valence-corrected chi connectivity index (χ1v) is 11.3. The number of nitrogens with one attached hydrogen (secondary N) is 3. The largest absolute Gasteiger partial charge is 0.390 e. The first-order valence-electron chi connectivity index (χ1n) is 10.4. The van der Waals surface area contributed by atoms with E-state index in [9.17, 15) is 14.3 Å². The fourth-order valence-electron chi connectivity index (χ4n) is 3.36. The van der Waals surface area contributed by atoms with Gasteiger partial charge in [0, 0.05) is 24.0 Å². The van der Waals surface area contributed by atoms with Gasteiger partial charge in [0.25, 0.3) is 5.91 Å². The van der Waals surface area contributed by atoms with Crippen LogP contribution in [-0.2, 0) is 0 Å². The third-order valence-electron chi connectivity index (χ3n) is 5.13. The molecule has 4 N–H and O–H groups in total. The summed E-state index contributed by atoms with van der Waals surface area (Å²) in [5.41, 5.74) is 4.53. The third-order valence-corrected chi connectivity index (χ3v) is 5.92. The zero-order valence-electron chi connectivity index (χ0n) is 17.4. The third kappa shape index (κ3) is 5.29. The molecule has 0 bridgehead atoms. The average molecular weight is 444 g/mol. The van der Waals surface area contributed by atoms with Gasteiger partial charge >= 0.3 is 0 Å². The predicted molar refractivity (Wildman–Crippen MR) is 122 cm³/mol. The SMILES string of the molecule is CC(C)Nc1cc(Nc2ccc3ncsc3c2)ncc1C(=O)NC[C@@H](F)C(O)C1CC1. The first kappa shape index (κ1) is 21.5. The van der Waals surface area contributed by atoms with E-state index < -0.39 is 18.2 Å². The van der Waals surface area contributed by atoms with E-state index >= 15 is 0 Å². The normalized spacial score (nSPS) is 15.6. The second kappa shape index (κ2) is 9.15. The molecule has 0 spiro atoms. The van der Waals surface area contributed by atoms with Crippen molar-refractivity contribution in [2.24, 2.45) is 5.92 Å². The number of carbonyl (C=O) groups excluding carboxylic acids is 1. The summed E-state index contributed by atoms with van der Waals surface area (Å²) < 4.78 is 15.2. The summed E-state index contributed by atoms with van der Waals surface area (Å²) in [5, 5.41) is 19.0. The van der Waals surface area contributed by atoms with E-state index in [1.807, 2.05) is 32.0 Å². The fraction of sp³-hybridized carbons (Fsp3) is 0.409. The minimum absolute atomic E-state index is 0.0151. The van der Waals surface area contributed by atoms with Crippen molar-refractivity contribution in [1.82, 2.24) is 15.3 Å². The Kier molecular flexibility index (Phi) is 6.33. The number of fused-ring (bicyclic) bond motifs is 1. The summed E-state index contributed by atoms with van der Waals surface area (Å²) >= 11 is 1.56. The Hall–Kier alpha value is -2.78. The minimum Gasteiger partial charge on any atom is -0.390 e. The molecule has 9 heteroatoms. The second-order valence-electron chi connectivity index (χ2n) is 8.13. The van der Waals surface area contributed by atoms with Crippen molar-refractivity contribution in [3.63, 3.8) is 0 Å². The van der Waals surface area contributed by atoms with Crippen molar-refractivity contribution in [1.29, 1.82) is 0 Å². The van der Waals surface area contributed by atoms with Crippen LogP contribution in [0.15, 0.2) is 36.0 Å². The molecule has 164 valence electrons. The summed E-state index contributed by atoms with van der Waals surface area (Å²) in [7, 11) is 0. The maximum absolute atomic E-state index is 14.2. The van der Waals surface area contributed by atoms with Crippen LogP contribution < -0.4 is 16.0 Å². The number of carbonyl (C=O) groups is 1. The van der Waals surface area contributed by atoms with E-state index in [1.54, 1.807) is 22.9 Å². The Balaban J connectivity index is 1.48. The lowest BCUT2D eigenvalue weighted by atomic mass is 10.1. The quantitative estimate of drug-likeness (QED) is 0.398. The highest BCUT2D eigenvalue weighted by molar-refractivity contribution is 7.16. The molecule has 1 amide bonds. The number of anilines is 3. The highest BCUT2D eigenvalue weighted by Crippen LogP contribution is 2.34. The summed E-state index contributed by atoms with van der Waals surface area (Å²) in [5.74, 6) is 0.163. The van der Waals surface area contributed by atoms with Gasteiger partial charge in [-0.15, -0.1) is 11.3 Å². The molecule has 2 heterocycles. The Morgan fingerprint density at radius 2 is 2.10 bits per heavy atom. The summed E-state index contributed by atoms with van der Waals surface area (Å²) in [4.78, 5) is 21.3. The summed E-state index contributed by atoms with van der Waals surface area (Å²) in [6.07, 6.45) is 0.652. The number of aromatic nitrogens is 2.